The van der Waals surface area contributed by atoms with Gasteiger partial charge in [0, 0.05) is 0 Å². The van der Waals surface area contributed by atoms with E-state index in [0.29, 0.717) is 12.5 Å². The maximum atomic E-state index is 12.6. The van der Waals surface area contributed by atoms with Crippen LogP contribution in [0, 0.1) is 0 Å². The van der Waals surface area contributed by atoms with Gasteiger partial charge in [0.2, 0.25) is 0 Å². The first-order chi connectivity index (χ1) is 7.36. The molecule has 90 valence electrons. The lowest BCUT2D eigenvalue weighted by atomic mass is 10.0. The number of phenolic OH excluding ortho intramolecular Hbond substituents is 2. The van der Waals surface area contributed by atoms with Gasteiger partial charge in [-0.3, -0.25) is 0 Å². The molecule has 3 nitrogen and oxygen atoms in total. The minimum absolute atomic E-state index is 0.0618. The van der Waals surface area contributed by atoms with Crippen molar-refractivity contribution in [3.8, 4) is 11.5 Å². The smallest absolute Gasteiger partial charge is 0.416 e. The molecule has 0 fully saturated rings. The second kappa shape index (κ2) is 4.61. The van der Waals surface area contributed by atoms with E-state index in [9.17, 15) is 13.2 Å². The molecule has 0 saturated carbocycles. The number of hydrogen-bond acceptors (Lipinski definition) is 3. The lowest BCUT2D eigenvalue weighted by molar-refractivity contribution is -0.138. The van der Waals surface area contributed by atoms with E-state index in [1.54, 1.807) is 0 Å². The van der Waals surface area contributed by atoms with Gasteiger partial charge in [-0.15, -0.1) is 0 Å². The molecule has 0 amide bonds. The van der Waals surface area contributed by atoms with Gasteiger partial charge >= 0.3 is 6.18 Å². The number of hydrogen-bond donors (Lipinski definition) is 3. The van der Waals surface area contributed by atoms with Crippen molar-refractivity contribution in [3.05, 3.63) is 23.3 Å². The SMILES string of the molecule is NCCCc1cc(O)c(O)cc1C(F)(F)F. The van der Waals surface area contributed by atoms with Crippen molar-refractivity contribution >= 4 is 0 Å². The number of rotatable bonds is 3. The number of phenols is 2. The summed E-state index contributed by atoms with van der Waals surface area (Å²) in [5.74, 6) is -1.33. The first-order valence-electron chi connectivity index (χ1n) is 4.68. The van der Waals surface area contributed by atoms with Crippen molar-refractivity contribution in [2.24, 2.45) is 5.73 Å². The number of nitrogens with two attached hydrogens (primary N) is 1. The maximum Gasteiger partial charge on any atom is 0.416 e. The minimum atomic E-state index is -4.55. The van der Waals surface area contributed by atoms with Crippen molar-refractivity contribution < 1.29 is 23.4 Å². The number of aryl methyl sites for hydroxylation is 1. The maximum absolute atomic E-state index is 12.6. The second-order valence-corrected chi connectivity index (χ2v) is 3.39. The van der Waals surface area contributed by atoms with Crippen LogP contribution >= 0.6 is 0 Å². The zero-order valence-corrected chi connectivity index (χ0v) is 8.38. The third-order valence-electron chi connectivity index (χ3n) is 2.16. The highest BCUT2D eigenvalue weighted by atomic mass is 19.4. The number of aromatic hydroxyl groups is 2. The molecular formula is C10H12F3NO2. The third-order valence-corrected chi connectivity index (χ3v) is 2.16. The molecule has 0 spiro atoms. The van der Waals surface area contributed by atoms with E-state index in [4.69, 9.17) is 15.9 Å². The van der Waals surface area contributed by atoms with Crippen LogP contribution in [-0.4, -0.2) is 16.8 Å². The fraction of sp³-hybridized carbons (Fsp3) is 0.400. The minimum Gasteiger partial charge on any atom is -0.504 e. The summed E-state index contributed by atoms with van der Waals surface area (Å²) < 4.78 is 37.7. The van der Waals surface area contributed by atoms with E-state index >= 15 is 0 Å². The second-order valence-electron chi connectivity index (χ2n) is 3.39. The highest BCUT2D eigenvalue weighted by molar-refractivity contribution is 5.46. The summed E-state index contributed by atoms with van der Waals surface area (Å²) in [5.41, 5.74) is 4.21. The van der Waals surface area contributed by atoms with Crippen LogP contribution in [0.2, 0.25) is 0 Å². The molecule has 0 atom stereocenters. The van der Waals surface area contributed by atoms with Crippen LogP contribution in [0.5, 0.6) is 11.5 Å². The summed E-state index contributed by atoms with van der Waals surface area (Å²) in [6.45, 7) is 0.263. The summed E-state index contributed by atoms with van der Waals surface area (Å²) in [5, 5.41) is 18.2. The van der Waals surface area contributed by atoms with Crippen molar-refractivity contribution in [3.63, 3.8) is 0 Å². The molecule has 0 aliphatic rings. The summed E-state index contributed by atoms with van der Waals surface area (Å²) in [4.78, 5) is 0. The molecule has 0 aliphatic heterocycles. The molecule has 0 aromatic heterocycles. The Morgan fingerprint density at radius 1 is 1.12 bits per heavy atom. The van der Waals surface area contributed by atoms with E-state index in [-0.39, 0.29) is 18.5 Å². The Kier molecular flexibility index (Phi) is 3.64. The van der Waals surface area contributed by atoms with Crippen LogP contribution < -0.4 is 5.73 Å². The van der Waals surface area contributed by atoms with E-state index in [2.05, 4.69) is 0 Å². The lowest BCUT2D eigenvalue weighted by Crippen LogP contribution is -2.10. The Morgan fingerprint density at radius 3 is 2.19 bits per heavy atom. The lowest BCUT2D eigenvalue weighted by Gasteiger charge is -2.13. The molecule has 6 heteroatoms. The molecule has 0 unspecified atom stereocenters. The molecular weight excluding hydrogens is 223 g/mol. The molecule has 16 heavy (non-hydrogen) atoms. The molecule has 4 N–H and O–H groups in total. The van der Waals surface area contributed by atoms with Gasteiger partial charge < -0.3 is 15.9 Å². The van der Waals surface area contributed by atoms with Crippen molar-refractivity contribution in [1.82, 2.24) is 0 Å². The Labute approximate surface area is 90.3 Å². The molecule has 0 heterocycles. The van der Waals surface area contributed by atoms with E-state index in [0.717, 1.165) is 6.07 Å². The topological polar surface area (TPSA) is 66.5 Å². The number of halogens is 3. The van der Waals surface area contributed by atoms with Gasteiger partial charge in [-0.1, -0.05) is 0 Å². The zero-order valence-electron chi connectivity index (χ0n) is 8.38. The molecule has 0 aliphatic carbocycles. The van der Waals surface area contributed by atoms with Gasteiger partial charge in [0.25, 0.3) is 0 Å². The zero-order chi connectivity index (χ0) is 12.3. The van der Waals surface area contributed by atoms with Gasteiger partial charge in [0.1, 0.15) is 0 Å². The van der Waals surface area contributed by atoms with E-state index < -0.39 is 23.2 Å². The summed E-state index contributed by atoms with van der Waals surface area (Å²) in [7, 11) is 0. The number of alkyl halides is 3. The first-order valence-corrected chi connectivity index (χ1v) is 4.68. The van der Waals surface area contributed by atoms with Gasteiger partial charge in [0.15, 0.2) is 11.5 Å². The Balaban J connectivity index is 3.17. The van der Waals surface area contributed by atoms with Crippen LogP contribution in [0.3, 0.4) is 0 Å². The standard InChI is InChI=1S/C10H12F3NO2/c11-10(12,13)7-5-9(16)8(15)4-6(7)2-1-3-14/h4-5,15-16H,1-3,14H2. The summed E-state index contributed by atoms with van der Waals surface area (Å²) >= 11 is 0. The molecule has 0 bridgehead atoms. The van der Waals surface area contributed by atoms with Crippen LogP contribution in [0.25, 0.3) is 0 Å². The van der Waals surface area contributed by atoms with Crippen LogP contribution in [-0.2, 0) is 12.6 Å². The summed E-state index contributed by atoms with van der Waals surface area (Å²) in [6, 6.07) is 1.45. The molecule has 1 aromatic rings. The van der Waals surface area contributed by atoms with Crippen LogP contribution in [0.4, 0.5) is 13.2 Å². The van der Waals surface area contributed by atoms with Crippen LogP contribution in [0.1, 0.15) is 17.5 Å². The average molecular weight is 235 g/mol. The molecule has 1 aromatic carbocycles. The predicted octanol–water partition coefficient (Wildman–Crippen LogP) is 2.01. The van der Waals surface area contributed by atoms with Gasteiger partial charge in [-0.05, 0) is 37.1 Å². The monoisotopic (exact) mass is 235 g/mol. The van der Waals surface area contributed by atoms with Gasteiger partial charge in [-0.25, -0.2) is 0 Å². The van der Waals surface area contributed by atoms with Crippen molar-refractivity contribution in [2.45, 2.75) is 19.0 Å². The highest BCUT2D eigenvalue weighted by Crippen LogP contribution is 2.38. The quantitative estimate of drug-likeness (QED) is 0.702. The fourth-order valence-corrected chi connectivity index (χ4v) is 1.38. The largest absolute Gasteiger partial charge is 0.504 e. The third kappa shape index (κ3) is 2.79. The van der Waals surface area contributed by atoms with E-state index in [1.165, 1.54) is 0 Å². The van der Waals surface area contributed by atoms with E-state index in [1.807, 2.05) is 0 Å². The first kappa shape index (κ1) is 12.6. The molecule has 1 rings (SSSR count). The summed E-state index contributed by atoms with van der Waals surface area (Å²) in [6.07, 6.45) is -4.05. The van der Waals surface area contributed by atoms with Gasteiger partial charge in [0.05, 0.1) is 5.56 Å². The predicted molar refractivity (Wildman–Crippen MR) is 52.1 cm³/mol. The Hall–Kier alpha value is -1.43. The molecule has 0 radical (unpaired) electrons. The van der Waals surface area contributed by atoms with Crippen molar-refractivity contribution in [2.75, 3.05) is 6.54 Å². The average Bonchev–Trinajstić information content (AvgIpc) is 2.17. The fourth-order valence-electron chi connectivity index (χ4n) is 1.38. The Bertz CT molecular complexity index is 377. The Morgan fingerprint density at radius 2 is 1.69 bits per heavy atom. The van der Waals surface area contributed by atoms with Gasteiger partial charge in [-0.2, -0.15) is 13.2 Å². The number of benzene rings is 1. The van der Waals surface area contributed by atoms with Crippen LogP contribution in [0.15, 0.2) is 12.1 Å². The highest BCUT2D eigenvalue weighted by Gasteiger charge is 2.34. The molecule has 0 saturated heterocycles. The normalized spacial score (nSPS) is 11.8. The van der Waals surface area contributed by atoms with Crippen molar-refractivity contribution in [1.29, 1.82) is 0 Å².